The van der Waals surface area contributed by atoms with Gasteiger partial charge in [0.15, 0.2) is 0 Å². The summed E-state index contributed by atoms with van der Waals surface area (Å²) in [5, 5.41) is 1.65. The van der Waals surface area contributed by atoms with Gasteiger partial charge in [0.2, 0.25) is 0 Å². The second-order valence-electron chi connectivity index (χ2n) is 5.47. The number of hydrogen-bond donors (Lipinski definition) is 0. The first-order chi connectivity index (χ1) is 12.0. The molecular formula is C19H19NO4S. The molecule has 25 heavy (non-hydrogen) atoms. The topological polar surface area (TPSA) is 55.8 Å². The number of nitrogens with zero attached hydrogens (tertiary/aromatic N) is 1. The van der Waals surface area contributed by atoms with Crippen molar-refractivity contribution in [3.05, 3.63) is 40.8 Å². The summed E-state index contributed by atoms with van der Waals surface area (Å²) in [5.41, 5.74) is 0.778. The van der Waals surface area contributed by atoms with Gasteiger partial charge in [0, 0.05) is 12.6 Å². The van der Waals surface area contributed by atoms with E-state index in [1.807, 2.05) is 44.2 Å². The Morgan fingerprint density at radius 2 is 1.80 bits per heavy atom. The Morgan fingerprint density at radius 3 is 2.44 bits per heavy atom. The van der Waals surface area contributed by atoms with Crippen LogP contribution >= 0.6 is 11.8 Å². The van der Waals surface area contributed by atoms with Crippen molar-refractivity contribution in [2.45, 2.75) is 13.8 Å². The van der Waals surface area contributed by atoms with Gasteiger partial charge in [-0.2, -0.15) is 0 Å². The minimum Gasteiger partial charge on any atom is -0.494 e. The van der Waals surface area contributed by atoms with E-state index in [0.717, 1.165) is 38.7 Å². The van der Waals surface area contributed by atoms with E-state index >= 15 is 0 Å². The van der Waals surface area contributed by atoms with Crippen LogP contribution in [0.2, 0.25) is 0 Å². The Hall–Kier alpha value is -2.47. The summed E-state index contributed by atoms with van der Waals surface area (Å²) in [5.74, 6) is 1.13. The zero-order valence-corrected chi connectivity index (χ0v) is 15.2. The monoisotopic (exact) mass is 357 g/mol. The third kappa shape index (κ3) is 3.35. The average molecular weight is 357 g/mol. The predicted octanol–water partition coefficient (Wildman–Crippen LogP) is 4.30. The van der Waals surface area contributed by atoms with Crippen LogP contribution in [0.4, 0.5) is 4.79 Å². The van der Waals surface area contributed by atoms with E-state index in [1.165, 1.54) is 7.05 Å². The lowest BCUT2D eigenvalue weighted by atomic mass is 10.0. The quantitative estimate of drug-likeness (QED) is 0.747. The number of likely N-dealkylation sites (N-methyl/N-ethyl adjacent to an activating group) is 1. The van der Waals surface area contributed by atoms with Crippen molar-refractivity contribution in [2.24, 2.45) is 0 Å². The maximum absolute atomic E-state index is 12.2. The van der Waals surface area contributed by atoms with Crippen LogP contribution in [0.25, 0.3) is 16.8 Å². The highest BCUT2D eigenvalue weighted by atomic mass is 32.2. The van der Waals surface area contributed by atoms with Gasteiger partial charge >= 0.3 is 0 Å². The Kier molecular flexibility index (Phi) is 4.99. The van der Waals surface area contributed by atoms with Gasteiger partial charge in [0.1, 0.15) is 11.5 Å². The Morgan fingerprint density at radius 1 is 1.08 bits per heavy atom. The van der Waals surface area contributed by atoms with Crippen molar-refractivity contribution in [3.8, 4) is 11.5 Å². The van der Waals surface area contributed by atoms with Crippen LogP contribution in [-0.2, 0) is 4.79 Å². The van der Waals surface area contributed by atoms with Crippen LogP contribution in [0.3, 0.4) is 0 Å². The summed E-state index contributed by atoms with van der Waals surface area (Å²) >= 11 is 0.938. The number of rotatable bonds is 5. The summed E-state index contributed by atoms with van der Waals surface area (Å²) in [6, 6.07) is 9.67. The molecule has 1 aliphatic heterocycles. The van der Waals surface area contributed by atoms with Crippen LogP contribution in [0.5, 0.6) is 11.5 Å². The van der Waals surface area contributed by atoms with Gasteiger partial charge in [0.25, 0.3) is 11.1 Å². The van der Waals surface area contributed by atoms with E-state index in [9.17, 15) is 9.59 Å². The maximum atomic E-state index is 12.2. The van der Waals surface area contributed by atoms with E-state index in [2.05, 4.69) is 0 Å². The zero-order valence-electron chi connectivity index (χ0n) is 14.4. The van der Waals surface area contributed by atoms with Crippen molar-refractivity contribution in [3.63, 3.8) is 0 Å². The second kappa shape index (κ2) is 7.19. The first kappa shape index (κ1) is 17.4. The van der Waals surface area contributed by atoms with Gasteiger partial charge in [-0.25, -0.2) is 0 Å². The van der Waals surface area contributed by atoms with Gasteiger partial charge < -0.3 is 9.47 Å². The first-order valence-electron chi connectivity index (χ1n) is 8.09. The summed E-state index contributed by atoms with van der Waals surface area (Å²) in [7, 11) is 1.48. The number of hydrogen-bond acceptors (Lipinski definition) is 5. The highest BCUT2D eigenvalue weighted by molar-refractivity contribution is 8.18. The van der Waals surface area contributed by atoms with Crippen LogP contribution in [0, 0.1) is 0 Å². The number of benzene rings is 2. The molecular weight excluding hydrogens is 338 g/mol. The highest BCUT2D eigenvalue weighted by Gasteiger charge is 2.32. The molecule has 1 fully saturated rings. The maximum Gasteiger partial charge on any atom is 0.293 e. The van der Waals surface area contributed by atoms with Crippen LogP contribution in [-0.4, -0.2) is 36.3 Å². The molecule has 0 saturated carbocycles. The van der Waals surface area contributed by atoms with E-state index < -0.39 is 0 Å². The lowest BCUT2D eigenvalue weighted by Crippen LogP contribution is -2.22. The number of thioether (sulfide) groups is 1. The molecule has 0 aromatic heterocycles. The predicted molar refractivity (Wildman–Crippen MR) is 100 cm³/mol. The summed E-state index contributed by atoms with van der Waals surface area (Å²) in [6.07, 6.45) is 1.73. The zero-order chi connectivity index (χ0) is 18.0. The SMILES string of the molecule is CCOc1ccc2ccc(OCC)c(C=C3SC(=O)N(C)C3=O)c2c1. The van der Waals surface area contributed by atoms with Crippen molar-refractivity contribution in [2.75, 3.05) is 20.3 Å². The van der Waals surface area contributed by atoms with Crippen molar-refractivity contribution in [1.29, 1.82) is 0 Å². The van der Waals surface area contributed by atoms with Crippen LogP contribution in [0.15, 0.2) is 35.2 Å². The normalized spacial score (nSPS) is 16.1. The van der Waals surface area contributed by atoms with E-state index in [0.29, 0.717) is 23.9 Å². The molecule has 3 rings (SSSR count). The standard InChI is InChI=1S/C19H19NO4S/c1-4-23-13-8-6-12-7-9-16(24-5-2)15(14(12)10-13)11-17-18(21)20(3)19(22)25-17/h6-11H,4-5H2,1-3H3. The van der Waals surface area contributed by atoms with E-state index in [1.54, 1.807) is 6.08 Å². The number of fused-ring (bicyclic) bond motifs is 1. The molecule has 0 unspecified atom stereocenters. The van der Waals surface area contributed by atoms with Gasteiger partial charge in [-0.3, -0.25) is 14.5 Å². The van der Waals surface area contributed by atoms with Crippen molar-refractivity contribution >= 4 is 39.8 Å². The van der Waals surface area contributed by atoms with E-state index in [4.69, 9.17) is 9.47 Å². The van der Waals surface area contributed by atoms with Gasteiger partial charge in [-0.1, -0.05) is 12.1 Å². The Bertz CT molecular complexity index is 870. The molecule has 1 saturated heterocycles. The largest absolute Gasteiger partial charge is 0.494 e. The molecule has 2 aromatic rings. The Balaban J connectivity index is 2.19. The third-order valence-electron chi connectivity index (χ3n) is 3.87. The molecule has 6 heteroatoms. The molecule has 0 N–H and O–H groups in total. The smallest absolute Gasteiger partial charge is 0.293 e. The molecule has 5 nitrogen and oxygen atoms in total. The van der Waals surface area contributed by atoms with Crippen molar-refractivity contribution in [1.82, 2.24) is 4.90 Å². The fourth-order valence-electron chi connectivity index (χ4n) is 2.67. The van der Waals surface area contributed by atoms with Crippen LogP contribution < -0.4 is 9.47 Å². The number of imide groups is 1. The lowest BCUT2D eigenvalue weighted by Gasteiger charge is -2.12. The minimum atomic E-state index is -0.296. The average Bonchev–Trinajstić information content (AvgIpc) is 2.84. The first-order valence-corrected chi connectivity index (χ1v) is 8.90. The van der Waals surface area contributed by atoms with E-state index in [-0.39, 0.29) is 11.1 Å². The fraction of sp³-hybridized carbons (Fsp3) is 0.263. The Labute approximate surface area is 150 Å². The summed E-state index contributed by atoms with van der Waals surface area (Å²) in [6.45, 7) is 4.91. The molecule has 2 amide bonds. The molecule has 0 radical (unpaired) electrons. The van der Waals surface area contributed by atoms with Crippen molar-refractivity contribution < 1.29 is 19.1 Å². The van der Waals surface area contributed by atoms with Gasteiger partial charge in [-0.15, -0.1) is 0 Å². The van der Waals surface area contributed by atoms with Gasteiger partial charge in [-0.05, 0) is 60.7 Å². The molecule has 0 spiro atoms. The third-order valence-corrected chi connectivity index (χ3v) is 4.83. The lowest BCUT2D eigenvalue weighted by molar-refractivity contribution is -0.121. The summed E-state index contributed by atoms with van der Waals surface area (Å²) in [4.78, 5) is 25.5. The molecule has 0 bridgehead atoms. The second-order valence-corrected chi connectivity index (χ2v) is 6.46. The number of amides is 2. The van der Waals surface area contributed by atoms with Gasteiger partial charge in [0.05, 0.1) is 18.1 Å². The molecule has 0 aliphatic carbocycles. The minimum absolute atomic E-state index is 0.274. The number of ether oxygens (including phenoxy) is 2. The molecule has 2 aromatic carbocycles. The molecule has 1 heterocycles. The fourth-order valence-corrected chi connectivity index (χ4v) is 3.47. The summed E-state index contributed by atoms with van der Waals surface area (Å²) < 4.78 is 11.3. The molecule has 0 atom stereocenters. The highest BCUT2D eigenvalue weighted by Crippen LogP contribution is 2.37. The molecule has 1 aliphatic rings. The number of carbonyl (C=O) groups is 2. The van der Waals surface area contributed by atoms with Crippen LogP contribution in [0.1, 0.15) is 19.4 Å². The molecule has 130 valence electrons. The number of carbonyl (C=O) groups excluding carboxylic acids is 2.